The van der Waals surface area contributed by atoms with Gasteiger partial charge in [0.2, 0.25) is 0 Å². The number of aliphatic hydroxyl groups is 1. The van der Waals surface area contributed by atoms with Crippen LogP contribution in [-0.4, -0.2) is 18.8 Å². The van der Waals surface area contributed by atoms with Gasteiger partial charge < -0.3 is 19.9 Å². The van der Waals surface area contributed by atoms with E-state index < -0.39 is 6.10 Å². The van der Waals surface area contributed by atoms with Crippen LogP contribution in [0.3, 0.4) is 0 Å². The number of rotatable bonds is 9. The average molecular weight is 460 g/mol. The molecule has 0 aromatic heterocycles. The maximum Gasteiger partial charge on any atom is 0.175 e. The van der Waals surface area contributed by atoms with Gasteiger partial charge in [0.1, 0.15) is 12.4 Å². The van der Waals surface area contributed by atoms with Crippen molar-refractivity contribution in [2.75, 3.05) is 13.7 Å². The second-order valence-electron chi connectivity index (χ2n) is 6.58. The Bertz CT molecular complexity index is 919. The molecule has 0 aliphatic carbocycles. The Morgan fingerprint density at radius 3 is 2.45 bits per heavy atom. The zero-order valence-electron chi connectivity index (χ0n) is 16.1. The molecular formula is C23H23BrFNO3. The molecule has 3 aromatic rings. The number of nitrogens with one attached hydrogen (secondary N) is 1. The van der Waals surface area contributed by atoms with Crippen LogP contribution < -0.4 is 14.8 Å². The molecule has 0 aliphatic rings. The molecule has 4 nitrogen and oxygen atoms in total. The third-order valence-electron chi connectivity index (χ3n) is 4.44. The van der Waals surface area contributed by atoms with Crippen molar-refractivity contribution in [1.29, 1.82) is 0 Å². The largest absolute Gasteiger partial charge is 0.493 e. The molecule has 0 spiro atoms. The minimum atomic E-state index is -0.570. The topological polar surface area (TPSA) is 50.7 Å². The van der Waals surface area contributed by atoms with Crippen LogP contribution in [0, 0.1) is 5.82 Å². The predicted molar refractivity (Wildman–Crippen MR) is 115 cm³/mol. The van der Waals surface area contributed by atoms with Crippen molar-refractivity contribution in [3.05, 3.63) is 93.7 Å². The van der Waals surface area contributed by atoms with E-state index in [1.54, 1.807) is 19.2 Å². The van der Waals surface area contributed by atoms with E-state index in [1.165, 1.54) is 12.1 Å². The third kappa shape index (κ3) is 6.03. The summed E-state index contributed by atoms with van der Waals surface area (Å²) in [6, 6.07) is 19.6. The van der Waals surface area contributed by atoms with Crippen LogP contribution >= 0.6 is 15.9 Å². The molecule has 0 saturated carbocycles. The predicted octanol–water partition coefficient (Wildman–Crippen LogP) is 5.00. The summed E-state index contributed by atoms with van der Waals surface area (Å²) in [7, 11) is 1.59. The maximum absolute atomic E-state index is 13.0. The second-order valence-corrected chi connectivity index (χ2v) is 7.44. The second kappa shape index (κ2) is 10.4. The average Bonchev–Trinajstić information content (AvgIpc) is 2.74. The van der Waals surface area contributed by atoms with E-state index in [2.05, 4.69) is 21.2 Å². The first-order valence-corrected chi connectivity index (χ1v) is 10.0. The smallest absolute Gasteiger partial charge is 0.175 e. The van der Waals surface area contributed by atoms with Crippen molar-refractivity contribution >= 4 is 15.9 Å². The van der Waals surface area contributed by atoms with Gasteiger partial charge in [-0.3, -0.25) is 0 Å². The molecule has 2 N–H and O–H groups in total. The van der Waals surface area contributed by atoms with Gasteiger partial charge in [-0.1, -0.05) is 42.5 Å². The van der Waals surface area contributed by atoms with Crippen molar-refractivity contribution in [1.82, 2.24) is 5.32 Å². The number of benzene rings is 3. The van der Waals surface area contributed by atoms with Gasteiger partial charge in [-0.15, -0.1) is 0 Å². The van der Waals surface area contributed by atoms with Gasteiger partial charge in [0.05, 0.1) is 17.7 Å². The lowest BCUT2D eigenvalue weighted by Gasteiger charge is -2.16. The quantitative estimate of drug-likeness (QED) is 0.472. The first-order valence-electron chi connectivity index (χ1n) is 9.24. The summed E-state index contributed by atoms with van der Waals surface area (Å²) in [5.74, 6) is 0.911. The highest BCUT2D eigenvalue weighted by atomic mass is 79.9. The first kappa shape index (κ1) is 21.3. The molecule has 0 bridgehead atoms. The van der Waals surface area contributed by atoms with Gasteiger partial charge >= 0.3 is 0 Å². The Morgan fingerprint density at radius 1 is 1.03 bits per heavy atom. The highest BCUT2D eigenvalue weighted by Gasteiger charge is 2.13. The Labute approximate surface area is 178 Å². The zero-order chi connectivity index (χ0) is 20.6. The van der Waals surface area contributed by atoms with Gasteiger partial charge in [-0.25, -0.2) is 4.39 Å². The summed E-state index contributed by atoms with van der Waals surface area (Å²) in [6.07, 6.45) is -0.570. The van der Waals surface area contributed by atoms with Gasteiger partial charge in [-0.05, 0) is 56.9 Å². The molecule has 0 saturated heterocycles. The van der Waals surface area contributed by atoms with Crippen molar-refractivity contribution < 1.29 is 19.0 Å². The normalized spacial score (nSPS) is 11.9. The molecule has 0 heterocycles. The van der Waals surface area contributed by atoms with Gasteiger partial charge in [0.15, 0.2) is 11.5 Å². The van der Waals surface area contributed by atoms with E-state index in [4.69, 9.17) is 9.47 Å². The van der Waals surface area contributed by atoms with Crippen LogP contribution in [0.2, 0.25) is 0 Å². The number of aliphatic hydroxyl groups excluding tert-OH is 1. The van der Waals surface area contributed by atoms with Gasteiger partial charge in [0.25, 0.3) is 0 Å². The summed E-state index contributed by atoms with van der Waals surface area (Å²) in [6.45, 7) is 1.31. The lowest BCUT2D eigenvalue weighted by molar-refractivity contribution is 0.174. The summed E-state index contributed by atoms with van der Waals surface area (Å²) in [4.78, 5) is 0. The molecule has 1 atom stereocenters. The van der Waals surface area contributed by atoms with E-state index in [0.29, 0.717) is 31.2 Å². The molecular weight excluding hydrogens is 437 g/mol. The minimum absolute atomic E-state index is 0.276. The maximum atomic E-state index is 13.0. The fourth-order valence-electron chi connectivity index (χ4n) is 2.90. The molecule has 152 valence electrons. The monoisotopic (exact) mass is 459 g/mol. The van der Waals surface area contributed by atoms with Crippen molar-refractivity contribution in [2.45, 2.75) is 19.3 Å². The number of methoxy groups -OCH3 is 1. The summed E-state index contributed by atoms with van der Waals surface area (Å²) < 4.78 is 25.2. The van der Waals surface area contributed by atoms with Crippen LogP contribution in [0.15, 0.2) is 71.2 Å². The van der Waals surface area contributed by atoms with Crippen LogP contribution in [0.5, 0.6) is 11.5 Å². The van der Waals surface area contributed by atoms with Crippen LogP contribution in [0.25, 0.3) is 0 Å². The molecule has 0 aliphatic heterocycles. The molecule has 0 radical (unpaired) electrons. The molecule has 1 unspecified atom stereocenters. The lowest BCUT2D eigenvalue weighted by Crippen LogP contribution is -2.21. The van der Waals surface area contributed by atoms with Gasteiger partial charge in [-0.2, -0.15) is 0 Å². The first-order chi connectivity index (χ1) is 14.1. The van der Waals surface area contributed by atoms with Crippen molar-refractivity contribution in [3.63, 3.8) is 0 Å². The van der Waals surface area contributed by atoms with Crippen molar-refractivity contribution in [2.24, 2.45) is 0 Å². The Hall–Kier alpha value is -2.41. The lowest BCUT2D eigenvalue weighted by atomic mass is 10.1. The fraction of sp³-hybridized carbons (Fsp3) is 0.217. The highest BCUT2D eigenvalue weighted by molar-refractivity contribution is 9.10. The zero-order valence-corrected chi connectivity index (χ0v) is 17.7. The van der Waals surface area contributed by atoms with E-state index in [-0.39, 0.29) is 5.82 Å². The summed E-state index contributed by atoms with van der Waals surface area (Å²) in [5, 5.41) is 13.5. The van der Waals surface area contributed by atoms with Crippen molar-refractivity contribution in [3.8, 4) is 11.5 Å². The Morgan fingerprint density at radius 2 is 1.76 bits per heavy atom. The molecule has 6 heteroatoms. The van der Waals surface area contributed by atoms with Crippen LogP contribution in [0.4, 0.5) is 4.39 Å². The fourth-order valence-corrected chi connectivity index (χ4v) is 3.50. The third-order valence-corrected chi connectivity index (χ3v) is 5.03. The SMILES string of the molecule is COc1cc(CNCC(O)c2ccccc2)cc(Br)c1OCc1ccc(F)cc1. The number of hydrogen-bond acceptors (Lipinski definition) is 4. The standard InChI is InChI=1S/C23H23BrFNO3/c1-28-22-12-17(13-26-14-21(27)18-5-3-2-4-6-18)11-20(24)23(22)29-15-16-7-9-19(25)10-8-16/h2-12,21,26-27H,13-15H2,1H3. The van der Waals surface area contributed by atoms with Gasteiger partial charge in [0, 0.05) is 13.1 Å². The van der Waals surface area contributed by atoms with Crippen LogP contribution in [-0.2, 0) is 13.2 Å². The Balaban J connectivity index is 1.60. The number of ether oxygens (including phenoxy) is 2. The minimum Gasteiger partial charge on any atom is -0.493 e. The van der Waals surface area contributed by atoms with E-state index in [0.717, 1.165) is 21.2 Å². The molecule has 3 rings (SSSR count). The summed E-state index contributed by atoms with van der Waals surface area (Å²) in [5.41, 5.74) is 2.73. The number of halogens is 2. The number of hydrogen-bond donors (Lipinski definition) is 2. The Kier molecular flexibility index (Phi) is 7.63. The van der Waals surface area contributed by atoms with Crippen LogP contribution in [0.1, 0.15) is 22.8 Å². The molecule has 0 amide bonds. The molecule has 0 fully saturated rings. The summed E-state index contributed by atoms with van der Waals surface area (Å²) >= 11 is 3.54. The molecule has 3 aromatic carbocycles. The van der Waals surface area contributed by atoms with E-state index in [9.17, 15) is 9.50 Å². The molecule has 29 heavy (non-hydrogen) atoms. The van der Waals surface area contributed by atoms with E-state index >= 15 is 0 Å². The highest BCUT2D eigenvalue weighted by Crippen LogP contribution is 2.37. The van der Waals surface area contributed by atoms with E-state index in [1.807, 2.05) is 42.5 Å².